The fourth-order valence-corrected chi connectivity index (χ4v) is 2.27. The van der Waals surface area contributed by atoms with Crippen molar-refractivity contribution < 1.29 is 9.53 Å². The van der Waals surface area contributed by atoms with E-state index in [4.69, 9.17) is 10.5 Å². The molecule has 1 saturated carbocycles. The molecule has 1 aliphatic rings. The molecule has 17 heavy (non-hydrogen) atoms. The van der Waals surface area contributed by atoms with Gasteiger partial charge in [-0.05, 0) is 49.9 Å². The Morgan fingerprint density at radius 3 is 2.65 bits per heavy atom. The zero-order valence-corrected chi connectivity index (χ0v) is 10.5. The Kier molecular flexibility index (Phi) is 3.20. The van der Waals surface area contributed by atoms with Crippen LogP contribution >= 0.6 is 0 Å². The normalized spacial score (nSPS) is 17.5. The van der Waals surface area contributed by atoms with E-state index in [0.717, 1.165) is 36.1 Å². The summed E-state index contributed by atoms with van der Waals surface area (Å²) in [5, 5.41) is 0. The summed E-state index contributed by atoms with van der Waals surface area (Å²) in [7, 11) is 1.70. The maximum absolute atomic E-state index is 12.2. The molecule has 1 fully saturated rings. The molecule has 1 aromatic rings. The molecular formula is C14H19NO2. The Morgan fingerprint density at radius 2 is 2.18 bits per heavy atom. The van der Waals surface area contributed by atoms with Crippen LogP contribution < -0.4 is 5.73 Å². The van der Waals surface area contributed by atoms with Crippen molar-refractivity contribution >= 4 is 11.5 Å². The molecule has 0 heterocycles. The summed E-state index contributed by atoms with van der Waals surface area (Å²) in [4.78, 5) is 12.2. The molecule has 0 saturated heterocycles. The Bertz CT molecular complexity index is 430. The van der Waals surface area contributed by atoms with E-state index in [9.17, 15) is 4.79 Å². The summed E-state index contributed by atoms with van der Waals surface area (Å²) in [5.41, 5.74) is 7.96. The summed E-state index contributed by atoms with van der Waals surface area (Å²) in [6.45, 7) is 1.92. The molecule has 0 radical (unpaired) electrons. The van der Waals surface area contributed by atoms with Gasteiger partial charge in [0.05, 0.1) is 5.60 Å². The monoisotopic (exact) mass is 233 g/mol. The van der Waals surface area contributed by atoms with Gasteiger partial charge < -0.3 is 10.5 Å². The first-order chi connectivity index (χ1) is 8.06. The number of hydrogen-bond acceptors (Lipinski definition) is 3. The number of anilines is 1. The van der Waals surface area contributed by atoms with Gasteiger partial charge >= 0.3 is 0 Å². The molecule has 0 unspecified atom stereocenters. The average molecular weight is 233 g/mol. The smallest absolute Gasteiger partial charge is 0.165 e. The molecule has 3 nitrogen and oxygen atoms in total. The van der Waals surface area contributed by atoms with Crippen molar-refractivity contribution in [2.24, 2.45) is 0 Å². The van der Waals surface area contributed by atoms with E-state index < -0.39 is 0 Å². The van der Waals surface area contributed by atoms with Crippen LogP contribution in [0, 0.1) is 6.92 Å². The minimum Gasteiger partial charge on any atom is -0.399 e. The molecule has 0 aromatic heterocycles. The number of benzene rings is 1. The van der Waals surface area contributed by atoms with Crippen LogP contribution in [0.1, 0.15) is 41.6 Å². The number of ether oxygens (including phenoxy) is 1. The largest absolute Gasteiger partial charge is 0.399 e. The third-order valence-corrected chi connectivity index (χ3v) is 3.77. The van der Waals surface area contributed by atoms with Gasteiger partial charge in [-0.1, -0.05) is 0 Å². The minimum absolute atomic E-state index is 0.148. The lowest BCUT2D eigenvalue weighted by molar-refractivity contribution is -0.0704. The number of carbonyl (C=O) groups is 1. The Balaban J connectivity index is 2.11. The van der Waals surface area contributed by atoms with Crippen LogP contribution in [-0.4, -0.2) is 18.5 Å². The second-order valence-electron chi connectivity index (χ2n) is 4.91. The molecular weight excluding hydrogens is 214 g/mol. The molecule has 92 valence electrons. The molecule has 1 aliphatic carbocycles. The quantitative estimate of drug-likeness (QED) is 0.642. The highest BCUT2D eigenvalue weighted by atomic mass is 16.5. The zero-order chi connectivity index (χ0) is 12.5. The van der Waals surface area contributed by atoms with Crippen LogP contribution in [0.5, 0.6) is 0 Å². The molecule has 3 heteroatoms. The van der Waals surface area contributed by atoms with E-state index in [1.54, 1.807) is 19.2 Å². The highest BCUT2D eigenvalue weighted by Crippen LogP contribution is 2.38. The lowest BCUT2D eigenvalue weighted by Crippen LogP contribution is -2.41. The van der Waals surface area contributed by atoms with E-state index in [1.165, 1.54) is 0 Å². The first-order valence-electron chi connectivity index (χ1n) is 6.01. The maximum atomic E-state index is 12.2. The van der Waals surface area contributed by atoms with Gasteiger partial charge in [0.25, 0.3) is 0 Å². The highest BCUT2D eigenvalue weighted by molar-refractivity contribution is 5.97. The molecule has 0 atom stereocenters. The van der Waals surface area contributed by atoms with Crippen molar-refractivity contribution in [1.29, 1.82) is 0 Å². The number of ketones is 1. The Hall–Kier alpha value is -1.35. The predicted octanol–water partition coefficient (Wildman–Crippen LogP) is 2.72. The van der Waals surface area contributed by atoms with Crippen LogP contribution in [0.4, 0.5) is 5.69 Å². The van der Waals surface area contributed by atoms with Gasteiger partial charge in [-0.15, -0.1) is 0 Å². The molecule has 0 aliphatic heterocycles. The van der Waals surface area contributed by atoms with Crippen LogP contribution in [0.15, 0.2) is 18.2 Å². The van der Waals surface area contributed by atoms with Crippen molar-refractivity contribution in [3.8, 4) is 0 Å². The molecule has 2 N–H and O–H groups in total. The Labute approximate surface area is 102 Å². The SMILES string of the molecule is COC1(CC(=O)c2ccc(N)c(C)c2)CCC1. The van der Waals surface area contributed by atoms with Crippen LogP contribution in [0.3, 0.4) is 0 Å². The van der Waals surface area contributed by atoms with Gasteiger partial charge in [0.1, 0.15) is 0 Å². The number of nitrogens with two attached hydrogens (primary N) is 1. The average Bonchev–Trinajstić information content (AvgIpc) is 2.27. The van der Waals surface area contributed by atoms with Crippen molar-refractivity contribution in [2.75, 3.05) is 12.8 Å². The topological polar surface area (TPSA) is 52.3 Å². The van der Waals surface area contributed by atoms with Crippen LogP contribution in [-0.2, 0) is 4.74 Å². The van der Waals surface area contributed by atoms with E-state index in [0.29, 0.717) is 6.42 Å². The second kappa shape index (κ2) is 4.49. The standard InChI is InChI=1S/C14H19NO2/c1-10-8-11(4-5-12(10)15)13(16)9-14(17-2)6-3-7-14/h4-5,8H,3,6-7,9,15H2,1-2H3. The second-order valence-corrected chi connectivity index (χ2v) is 4.91. The summed E-state index contributed by atoms with van der Waals surface area (Å²) in [6, 6.07) is 5.45. The van der Waals surface area contributed by atoms with Gasteiger partial charge in [-0.25, -0.2) is 0 Å². The fourth-order valence-electron chi connectivity index (χ4n) is 2.27. The van der Waals surface area contributed by atoms with E-state index in [1.807, 2.05) is 13.0 Å². The van der Waals surface area contributed by atoms with E-state index in [-0.39, 0.29) is 11.4 Å². The number of methoxy groups -OCH3 is 1. The Morgan fingerprint density at radius 1 is 1.47 bits per heavy atom. The summed E-state index contributed by atoms with van der Waals surface area (Å²) in [6.07, 6.45) is 3.61. The number of Topliss-reactive ketones (excluding diaryl/α,β-unsaturated/α-hetero) is 1. The summed E-state index contributed by atoms with van der Waals surface area (Å²) < 4.78 is 5.47. The van der Waals surface area contributed by atoms with Gasteiger partial charge in [0, 0.05) is 24.8 Å². The van der Waals surface area contributed by atoms with Crippen molar-refractivity contribution in [1.82, 2.24) is 0 Å². The first kappa shape index (κ1) is 12.1. The highest BCUT2D eigenvalue weighted by Gasteiger charge is 2.39. The van der Waals surface area contributed by atoms with Crippen LogP contribution in [0.25, 0.3) is 0 Å². The number of aryl methyl sites for hydroxylation is 1. The molecule has 1 aromatic carbocycles. The lowest BCUT2D eigenvalue weighted by atomic mass is 9.75. The number of carbonyl (C=O) groups excluding carboxylic acids is 1. The van der Waals surface area contributed by atoms with Gasteiger partial charge in [0.2, 0.25) is 0 Å². The summed E-state index contributed by atoms with van der Waals surface area (Å²) in [5.74, 6) is 0.148. The fraction of sp³-hybridized carbons (Fsp3) is 0.500. The third-order valence-electron chi connectivity index (χ3n) is 3.77. The molecule has 0 spiro atoms. The van der Waals surface area contributed by atoms with E-state index >= 15 is 0 Å². The maximum Gasteiger partial charge on any atom is 0.165 e. The number of hydrogen-bond donors (Lipinski definition) is 1. The van der Waals surface area contributed by atoms with Gasteiger partial charge in [-0.2, -0.15) is 0 Å². The molecule has 0 amide bonds. The molecule has 2 rings (SSSR count). The zero-order valence-electron chi connectivity index (χ0n) is 10.5. The van der Waals surface area contributed by atoms with Crippen LogP contribution in [0.2, 0.25) is 0 Å². The number of rotatable bonds is 4. The lowest BCUT2D eigenvalue weighted by Gasteiger charge is -2.40. The predicted molar refractivity (Wildman–Crippen MR) is 68.1 cm³/mol. The third kappa shape index (κ3) is 2.34. The van der Waals surface area contributed by atoms with Crippen molar-refractivity contribution in [3.05, 3.63) is 29.3 Å². The number of nitrogen functional groups attached to an aromatic ring is 1. The first-order valence-corrected chi connectivity index (χ1v) is 6.01. The van der Waals surface area contributed by atoms with E-state index in [2.05, 4.69) is 0 Å². The molecule has 0 bridgehead atoms. The summed E-state index contributed by atoms with van der Waals surface area (Å²) >= 11 is 0. The minimum atomic E-state index is -0.202. The van der Waals surface area contributed by atoms with Gasteiger partial charge in [0.15, 0.2) is 5.78 Å². The van der Waals surface area contributed by atoms with Gasteiger partial charge in [-0.3, -0.25) is 4.79 Å². The van der Waals surface area contributed by atoms with Crippen molar-refractivity contribution in [3.63, 3.8) is 0 Å². The van der Waals surface area contributed by atoms with Crippen molar-refractivity contribution in [2.45, 2.75) is 38.2 Å².